The molecule has 0 aliphatic heterocycles. The van der Waals surface area contributed by atoms with E-state index in [9.17, 15) is 0 Å². The van der Waals surface area contributed by atoms with E-state index in [4.69, 9.17) is 4.74 Å². The summed E-state index contributed by atoms with van der Waals surface area (Å²) in [7, 11) is 1.77. The zero-order valence-electron chi connectivity index (χ0n) is 10.0. The van der Waals surface area contributed by atoms with E-state index < -0.39 is 0 Å². The molecule has 0 heterocycles. The van der Waals surface area contributed by atoms with Gasteiger partial charge in [0, 0.05) is 19.2 Å². The van der Waals surface area contributed by atoms with Crippen LogP contribution >= 0.6 is 0 Å². The molecule has 1 rings (SSSR count). The third kappa shape index (κ3) is 3.58. The Morgan fingerprint density at radius 2 is 2.07 bits per heavy atom. The van der Waals surface area contributed by atoms with Crippen LogP contribution in [-0.2, 0) is 4.74 Å². The predicted octanol–water partition coefficient (Wildman–Crippen LogP) is 2.44. The Hall–Kier alpha value is -0.0800. The van der Waals surface area contributed by atoms with Crippen molar-refractivity contribution < 1.29 is 4.74 Å². The fourth-order valence-electron chi connectivity index (χ4n) is 2.43. The van der Waals surface area contributed by atoms with Crippen LogP contribution in [0.2, 0.25) is 0 Å². The monoisotopic (exact) mass is 199 g/mol. The van der Waals surface area contributed by atoms with Gasteiger partial charge < -0.3 is 10.1 Å². The van der Waals surface area contributed by atoms with Gasteiger partial charge in [0.1, 0.15) is 0 Å². The Kier molecular flexibility index (Phi) is 4.90. The summed E-state index contributed by atoms with van der Waals surface area (Å²) in [6, 6.07) is 1.18. The minimum absolute atomic E-state index is 0.484. The average molecular weight is 199 g/mol. The van der Waals surface area contributed by atoms with Crippen molar-refractivity contribution in [1.82, 2.24) is 5.32 Å². The van der Waals surface area contributed by atoms with Crippen molar-refractivity contribution in [3.8, 4) is 0 Å². The normalized spacial score (nSPS) is 35.6. The SMILES string of the molecule is COCC(C)NC1CC(C)CCC1C. The molecule has 0 saturated heterocycles. The molecule has 1 saturated carbocycles. The van der Waals surface area contributed by atoms with E-state index in [2.05, 4.69) is 26.1 Å². The first-order chi connectivity index (χ1) is 6.63. The third-order valence-corrected chi connectivity index (χ3v) is 3.37. The molecule has 0 bridgehead atoms. The summed E-state index contributed by atoms with van der Waals surface area (Å²) in [4.78, 5) is 0. The maximum absolute atomic E-state index is 5.14. The largest absolute Gasteiger partial charge is 0.383 e. The zero-order chi connectivity index (χ0) is 10.6. The predicted molar refractivity (Wildman–Crippen MR) is 60.4 cm³/mol. The molecule has 0 radical (unpaired) electrons. The van der Waals surface area contributed by atoms with E-state index in [1.165, 1.54) is 19.3 Å². The molecule has 4 atom stereocenters. The first-order valence-electron chi connectivity index (χ1n) is 5.88. The van der Waals surface area contributed by atoms with E-state index in [1.807, 2.05) is 0 Å². The Bertz CT molecular complexity index is 160. The molecule has 0 aromatic heterocycles. The molecular formula is C12H25NO. The van der Waals surface area contributed by atoms with E-state index in [-0.39, 0.29) is 0 Å². The average Bonchev–Trinajstić information content (AvgIpc) is 2.12. The number of rotatable bonds is 4. The lowest BCUT2D eigenvalue weighted by Crippen LogP contribution is -2.45. The summed E-state index contributed by atoms with van der Waals surface area (Å²) >= 11 is 0. The molecule has 1 N–H and O–H groups in total. The maximum atomic E-state index is 5.14. The van der Waals surface area contributed by atoms with Gasteiger partial charge >= 0.3 is 0 Å². The molecule has 1 fully saturated rings. The van der Waals surface area contributed by atoms with Crippen molar-refractivity contribution in [3.05, 3.63) is 0 Å². The molecule has 0 aromatic rings. The van der Waals surface area contributed by atoms with Gasteiger partial charge in [-0.15, -0.1) is 0 Å². The first kappa shape index (κ1) is 12.0. The van der Waals surface area contributed by atoms with E-state index in [0.29, 0.717) is 12.1 Å². The standard InChI is InChI=1S/C12H25NO/c1-9-5-6-10(2)12(7-9)13-11(3)8-14-4/h9-13H,5-8H2,1-4H3. The van der Waals surface area contributed by atoms with Crippen LogP contribution in [0.4, 0.5) is 0 Å². The highest BCUT2D eigenvalue weighted by atomic mass is 16.5. The minimum atomic E-state index is 0.484. The van der Waals surface area contributed by atoms with Crippen LogP contribution in [0.25, 0.3) is 0 Å². The van der Waals surface area contributed by atoms with Gasteiger partial charge in [0.05, 0.1) is 6.61 Å². The minimum Gasteiger partial charge on any atom is -0.383 e. The lowest BCUT2D eigenvalue weighted by Gasteiger charge is -2.35. The van der Waals surface area contributed by atoms with Gasteiger partial charge in [-0.2, -0.15) is 0 Å². The van der Waals surface area contributed by atoms with Gasteiger partial charge in [-0.25, -0.2) is 0 Å². The summed E-state index contributed by atoms with van der Waals surface area (Å²) in [5, 5.41) is 3.67. The summed E-state index contributed by atoms with van der Waals surface area (Å²) < 4.78 is 5.14. The number of nitrogens with one attached hydrogen (secondary N) is 1. The highest BCUT2D eigenvalue weighted by molar-refractivity contribution is 4.82. The van der Waals surface area contributed by atoms with E-state index in [0.717, 1.165) is 18.4 Å². The smallest absolute Gasteiger partial charge is 0.0613 e. The third-order valence-electron chi connectivity index (χ3n) is 3.37. The van der Waals surface area contributed by atoms with Gasteiger partial charge in [-0.1, -0.05) is 20.3 Å². The van der Waals surface area contributed by atoms with Crippen LogP contribution in [0.3, 0.4) is 0 Å². The van der Waals surface area contributed by atoms with Crippen LogP contribution < -0.4 is 5.32 Å². The number of hydrogen-bond acceptors (Lipinski definition) is 2. The molecule has 14 heavy (non-hydrogen) atoms. The van der Waals surface area contributed by atoms with Gasteiger partial charge in [-0.3, -0.25) is 0 Å². The van der Waals surface area contributed by atoms with Crippen molar-refractivity contribution in [2.75, 3.05) is 13.7 Å². The molecule has 0 amide bonds. The molecule has 84 valence electrons. The fraction of sp³-hybridized carbons (Fsp3) is 1.00. The molecule has 1 aliphatic carbocycles. The molecule has 0 spiro atoms. The summed E-state index contributed by atoms with van der Waals surface area (Å²) in [5.41, 5.74) is 0. The highest BCUT2D eigenvalue weighted by Crippen LogP contribution is 2.28. The molecule has 2 heteroatoms. The molecular weight excluding hydrogens is 174 g/mol. The Balaban J connectivity index is 2.33. The van der Waals surface area contributed by atoms with Crippen molar-refractivity contribution in [2.24, 2.45) is 11.8 Å². The number of hydrogen-bond donors (Lipinski definition) is 1. The van der Waals surface area contributed by atoms with E-state index >= 15 is 0 Å². The Morgan fingerprint density at radius 1 is 1.36 bits per heavy atom. The Labute approximate surface area is 88.4 Å². The van der Waals surface area contributed by atoms with Crippen LogP contribution in [0.1, 0.15) is 40.0 Å². The van der Waals surface area contributed by atoms with Crippen LogP contribution in [0.5, 0.6) is 0 Å². The number of ether oxygens (including phenoxy) is 1. The topological polar surface area (TPSA) is 21.3 Å². The lowest BCUT2D eigenvalue weighted by atomic mass is 9.80. The Morgan fingerprint density at radius 3 is 2.71 bits per heavy atom. The van der Waals surface area contributed by atoms with Gasteiger partial charge in [0.15, 0.2) is 0 Å². The molecule has 4 unspecified atom stereocenters. The second kappa shape index (κ2) is 5.72. The summed E-state index contributed by atoms with van der Waals surface area (Å²) in [6.07, 6.45) is 4.10. The van der Waals surface area contributed by atoms with Crippen LogP contribution in [0, 0.1) is 11.8 Å². The first-order valence-corrected chi connectivity index (χ1v) is 5.88. The van der Waals surface area contributed by atoms with Crippen molar-refractivity contribution in [3.63, 3.8) is 0 Å². The van der Waals surface area contributed by atoms with Gasteiger partial charge in [-0.05, 0) is 31.6 Å². The van der Waals surface area contributed by atoms with Crippen molar-refractivity contribution in [1.29, 1.82) is 0 Å². The number of methoxy groups -OCH3 is 1. The second-order valence-electron chi connectivity index (χ2n) is 5.03. The quantitative estimate of drug-likeness (QED) is 0.751. The highest BCUT2D eigenvalue weighted by Gasteiger charge is 2.25. The van der Waals surface area contributed by atoms with Crippen molar-refractivity contribution >= 4 is 0 Å². The van der Waals surface area contributed by atoms with Crippen LogP contribution in [0.15, 0.2) is 0 Å². The van der Waals surface area contributed by atoms with Crippen molar-refractivity contribution in [2.45, 2.75) is 52.1 Å². The molecule has 0 aromatic carbocycles. The molecule has 1 aliphatic rings. The lowest BCUT2D eigenvalue weighted by molar-refractivity contribution is 0.145. The second-order valence-corrected chi connectivity index (χ2v) is 5.03. The summed E-state index contributed by atoms with van der Waals surface area (Å²) in [6.45, 7) is 7.75. The fourth-order valence-corrected chi connectivity index (χ4v) is 2.43. The van der Waals surface area contributed by atoms with E-state index in [1.54, 1.807) is 7.11 Å². The van der Waals surface area contributed by atoms with Gasteiger partial charge in [0.2, 0.25) is 0 Å². The summed E-state index contributed by atoms with van der Waals surface area (Å²) in [5.74, 6) is 1.71. The molecule has 2 nitrogen and oxygen atoms in total. The maximum Gasteiger partial charge on any atom is 0.0613 e. The zero-order valence-corrected chi connectivity index (χ0v) is 10.0. The van der Waals surface area contributed by atoms with Crippen LogP contribution in [-0.4, -0.2) is 25.8 Å². The van der Waals surface area contributed by atoms with Gasteiger partial charge in [0.25, 0.3) is 0 Å².